The van der Waals surface area contributed by atoms with Crippen LogP contribution in [0.2, 0.25) is 0 Å². The molecule has 0 unspecified atom stereocenters. The average Bonchev–Trinajstić information content (AvgIpc) is 2.62. The molecule has 3 rings (SSSR count). The molecule has 110 valence electrons. The first kappa shape index (κ1) is 14.9. The number of hydrogen-bond donors (Lipinski definition) is 0. The maximum atomic E-state index is 6.21. The first-order valence-electron chi connectivity index (χ1n) is 7.52. The van der Waals surface area contributed by atoms with Gasteiger partial charge >= 0.3 is 0 Å². The molecule has 0 radical (unpaired) electrons. The summed E-state index contributed by atoms with van der Waals surface area (Å²) in [5.74, 6) is 0.519. The van der Waals surface area contributed by atoms with Gasteiger partial charge in [0.1, 0.15) is 0 Å². The Morgan fingerprint density at radius 1 is 0.682 bits per heavy atom. The molecule has 0 atom stereocenters. The number of alkyl halides is 1. The molecule has 0 saturated heterocycles. The number of benzene rings is 3. The molecule has 0 aromatic heterocycles. The smallest absolute Gasteiger partial charge is 0.0477 e. The Hall–Kier alpha value is -2.05. The number of hydrogen-bond acceptors (Lipinski definition) is 0. The summed E-state index contributed by atoms with van der Waals surface area (Å²) in [4.78, 5) is 0. The Morgan fingerprint density at radius 3 is 1.64 bits per heavy atom. The van der Waals surface area contributed by atoms with Gasteiger partial charge in [-0.05, 0) is 29.2 Å². The van der Waals surface area contributed by atoms with Crippen molar-refractivity contribution < 1.29 is 0 Å². The maximum Gasteiger partial charge on any atom is 0.0477 e. The topological polar surface area (TPSA) is 0 Å². The minimum atomic E-state index is -0.214. The van der Waals surface area contributed by atoms with E-state index in [4.69, 9.17) is 11.6 Å². The molecule has 0 fully saturated rings. The number of halogens is 1. The van der Waals surface area contributed by atoms with Crippen LogP contribution >= 0.6 is 11.6 Å². The highest BCUT2D eigenvalue weighted by Crippen LogP contribution is 2.40. The van der Waals surface area contributed by atoms with Crippen LogP contribution in [-0.4, -0.2) is 0 Å². The van der Waals surface area contributed by atoms with Crippen LogP contribution in [0.4, 0.5) is 0 Å². The molecule has 0 aliphatic heterocycles. The average molecular weight is 307 g/mol. The molecular weight excluding hydrogens is 288 g/mol. The summed E-state index contributed by atoms with van der Waals surface area (Å²) in [6, 6.07) is 29.7. The zero-order chi connectivity index (χ0) is 15.4. The van der Waals surface area contributed by atoms with Gasteiger partial charge in [-0.2, -0.15) is 0 Å². The zero-order valence-electron chi connectivity index (χ0n) is 12.7. The van der Waals surface area contributed by atoms with E-state index in [0.717, 1.165) is 0 Å². The van der Waals surface area contributed by atoms with Crippen molar-refractivity contribution in [2.24, 2.45) is 0 Å². The minimum absolute atomic E-state index is 0.214. The van der Waals surface area contributed by atoms with Crippen molar-refractivity contribution in [3.8, 4) is 0 Å². The normalized spacial score (nSPS) is 11.4. The Labute approximate surface area is 137 Å². The van der Waals surface area contributed by atoms with Gasteiger partial charge in [-0.3, -0.25) is 0 Å². The van der Waals surface area contributed by atoms with E-state index in [0.29, 0.717) is 5.88 Å². The van der Waals surface area contributed by atoms with Crippen LogP contribution in [0.3, 0.4) is 0 Å². The lowest BCUT2D eigenvalue weighted by Crippen LogP contribution is -2.26. The van der Waals surface area contributed by atoms with Crippen molar-refractivity contribution in [3.05, 3.63) is 107 Å². The van der Waals surface area contributed by atoms with Crippen molar-refractivity contribution in [2.75, 3.05) is 0 Å². The molecular formula is C21H19Cl. The van der Waals surface area contributed by atoms with Gasteiger partial charge in [0.2, 0.25) is 0 Å². The lowest BCUT2D eigenvalue weighted by molar-refractivity contribution is 0.686. The third-order valence-corrected chi connectivity index (χ3v) is 4.69. The summed E-state index contributed by atoms with van der Waals surface area (Å²) in [6.45, 7) is 2.28. The lowest BCUT2D eigenvalue weighted by atomic mass is 9.70. The fourth-order valence-electron chi connectivity index (χ4n) is 3.15. The molecule has 0 aliphatic rings. The second-order valence-corrected chi connectivity index (χ2v) is 5.92. The third-order valence-electron chi connectivity index (χ3n) is 4.40. The van der Waals surface area contributed by atoms with Crippen LogP contribution in [0.5, 0.6) is 0 Å². The first-order valence-corrected chi connectivity index (χ1v) is 8.05. The monoisotopic (exact) mass is 306 g/mol. The van der Waals surface area contributed by atoms with Gasteiger partial charge in [-0.1, -0.05) is 84.9 Å². The van der Waals surface area contributed by atoms with Gasteiger partial charge in [0.05, 0.1) is 0 Å². The molecule has 0 N–H and O–H groups in total. The van der Waals surface area contributed by atoms with Gasteiger partial charge in [0.25, 0.3) is 0 Å². The highest BCUT2D eigenvalue weighted by atomic mass is 35.5. The van der Waals surface area contributed by atoms with Crippen LogP contribution in [0, 0.1) is 0 Å². The highest BCUT2D eigenvalue weighted by Gasteiger charge is 2.32. The van der Waals surface area contributed by atoms with E-state index >= 15 is 0 Å². The van der Waals surface area contributed by atoms with Crippen molar-refractivity contribution in [2.45, 2.75) is 18.2 Å². The van der Waals surface area contributed by atoms with Gasteiger partial charge in [-0.15, -0.1) is 11.6 Å². The Balaban J connectivity index is 2.29. The van der Waals surface area contributed by atoms with Gasteiger partial charge in [0, 0.05) is 11.3 Å². The molecule has 0 spiro atoms. The van der Waals surface area contributed by atoms with E-state index in [9.17, 15) is 0 Å². The van der Waals surface area contributed by atoms with Crippen molar-refractivity contribution in [1.29, 1.82) is 0 Å². The fourth-order valence-corrected chi connectivity index (χ4v) is 3.38. The van der Waals surface area contributed by atoms with E-state index < -0.39 is 0 Å². The number of rotatable bonds is 4. The summed E-state index contributed by atoms with van der Waals surface area (Å²) in [5.41, 5.74) is 4.79. The second kappa shape index (κ2) is 6.37. The molecule has 0 nitrogen and oxygen atoms in total. The predicted molar refractivity (Wildman–Crippen MR) is 94.4 cm³/mol. The summed E-state index contributed by atoms with van der Waals surface area (Å²) in [7, 11) is 0. The summed E-state index contributed by atoms with van der Waals surface area (Å²) in [6.07, 6.45) is 0. The van der Waals surface area contributed by atoms with Gasteiger partial charge < -0.3 is 0 Å². The molecule has 3 aromatic carbocycles. The Bertz CT molecular complexity index is 693. The molecule has 22 heavy (non-hydrogen) atoms. The molecule has 1 heteroatoms. The molecule has 0 amide bonds. The van der Waals surface area contributed by atoms with Gasteiger partial charge in [0.15, 0.2) is 0 Å². The van der Waals surface area contributed by atoms with E-state index in [-0.39, 0.29) is 5.41 Å². The Morgan fingerprint density at radius 2 is 1.14 bits per heavy atom. The maximum absolute atomic E-state index is 6.21. The van der Waals surface area contributed by atoms with E-state index in [1.807, 2.05) is 0 Å². The van der Waals surface area contributed by atoms with Crippen molar-refractivity contribution in [1.82, 2.24) is 0 Å². The van der Waals surface area contributed by atoms with Gasteiger partial charge in [-0.25, -0.2) is 0 Å². The zero-order valence-corrected chi connectivity index (χ0v) is 13.4. The molecule has 0 bridgehead atoms. The predicted octanol–water partition coefficient (Wildman–Crippen LogP) is 5.78. The third kappa shape index (κ3) is 2.55. The largest absolute Gasteiger partial charge is 0.122 e. The van der Waals surface area contributed by atoms with Crippen LogP contribution in [0.25, 0.3) is 0 Å². The van der Waals surface area contributed by atoms with Crippen LogP contribution in [-0.2, 0) is 11.3 Å². The highest BCUT2D eigenvalue weighted by molar-refractivity contribution is 6.17. The summed E-state index contributed by atoms with van der Waals surface area (Å²) >= 11 is 6.21. The SMILES string of the molecule is CC(c1ccccc1)(c1ccccc1)c1ccccc1CCl. The standard InChI is InChI=1S/C21H19Cl/c1-21(18-11-4-2-5-12-18,19-13-6-3-7-14-19)20-15-9-8-10-17(20)16-22/h2-15H,16H2,1H3. The van der Waals surface area contributed by atoms with Crippen LogP contribution < -0.4 is 0 Å². The molecule has 0 saturated carbocycles. The van der Waals surface area contributed by atoms with E-state index in [2.05, 4.69) is 91.9 Å². The Kier molecular flexibility index (Phi) is 4.31. The second-order valence-electron chi connectivity index (χ2n) is 5.65. The minimum Gasteiger partial charge on any atom is -0.122 e. The first-order chi connectivity index (χ1) is 10.8. The molecule has 0 heterocycles. The lowest BCUT2D eigenvalue weighted by Gasteiger charge is -2.33. The van der Waals surface area contributed by atoms with Crippen LogP contribution in [0.15, 0.2) is 84.9 Å². The van der Waals surface area contributed by atoms with Crippen molar-refractivity contribution in [3.63, 3.8) is 0 Å². The van der Waals surface area contributed by atoms with Crippen LogP contribution in [0.1, 0.15) is 29.2 Å². The molecule has 3 aromatic rings. The summed E-state index contributed by atoms with van der Waals surface area (Å²) < 4.78 is 0. The van der Waals surface area contributed by atoms with Crippen molar-refractivity contribution >= 4 is 11.6 Å². The fraction of sp³-hybridized carbons (Fsp3) is 0.143. The molecule has 0 aliphatic carbocycles. The quantitative estimate of drug-likeness (QED) is 0.423. The summed E-state index contributed by atoms with van der Waals surface area (Å²) in [5, 5.41) is 0. The van der Waals surface area contributed by atoms with E-state index in [1.54, 1.807) is 0 Å². The van der Waals surface area contributed by atoms with E-state index in [1.165, 1.54) is 22.3 Å².